The fourth-order valence-corrected chi connectivity index (χ4v) is 5.01. The van der Waals surface area contributed by atoms with Gasteiger partial charge in [0, 0.05) is 6.42 Å². The second-order valence-corrected chi connectivity index (χ2v) is 11.4. The first-order valence-corrected chi connectivity index (χ1v) is 16.9. The molecule has 0 amide bonds. The zero-order valence-corrected chi connectivity index (χ0v) is 25.6. The van der Waals surface area contributed by atoms with E-state index < -0.39 is 5.97 Å². The third-order valence-electron chi connectivity index (χ3n) is 7.53. The Bertz CT molecular complexity index is 546. The van der Waals surface area contributed by atoms with Crippen LogP contribution < -0.4 is 0 Å². The molecule has 0 radical (unpaired) electrons. The van der Waals surface area contributed by atoms with E-state index in [1.54, 1.807) is 0 Å². The zero-order chi connectivity index (χ0) is 27.6. The van der Waals surface area contributed by atoms with Crippen LogP contribution in [0.4, 0.5) is 0 Å². The van der Waals surface area contributed by atoms with Crippen LogP contribution in [0, 0.1) is 0 Å². The van der Waals surface area contributed by atoms with Crippen molar-refractivity contribution in [2.75, 3.05) is 0 Å². The quantitative estimate of drug-likeness (QED) is 0.0714. The summed E-state index contributed by atoms with van der Waals surface area (Å²) in [6.45, 7) is 2.28. The number of allylic oxidation sites excluding steroid dienone is 6. The SMILES string of the molecule is CCCCCCC/C=C\C/C=C\C/C=C\CCCCCCCCCCCCCCCCCCCCC(=O)O. The number of carbonyl (C=O) groups is 1. The second kappa shape index (κ2) is 33.7. The van der Waals surface area contributed by atoms with E-state index in [9.17, 15) is 4.79 Å². The highest BCUT2D eigenvalue weighted by Gasteiger charge is 1.97. The van der Waals surface area contributed by atoms with Crippen molar-refractivity contribution in [3.05, 3.63) is 36.5 Å². The van der Waals surface area contributed by atoms with Crippen LogP contribution in [0.3, 0.4) is 0 Å². The lowest BCUT2D eigenvalue weighted by Gasteiger charge is -2.04. The van der Waals surface area contributed by atoms with Crippen LogP contribution in [-0.2, 0) is 4.79 Å². The fourth-order valence-electron chi connectivity index (χ4n) is 5.01. The summed E-state index contributed by atoms with van der Waals surface area (Å²) < 4.78 is 0. The Hall–Kier alpha value is -1.31. The minimum atomic E-state index is -0.652. The van der Waals surface area contributed by atoms with Crippen LogP contribution in [0.15, 0.2) is 36.5 Å². The molecule has 0 aliphatic carbocycles. The highest BCUT2D eigenvalue weighted by atomic mass is 16.4. The lowest BCUT2D eigenvalue weighted by Crippen LogP contribution is -1.93. The Balaban J connectivity index is 3.17. The maximum absolute atomic E-state index is 10.5. The molecule has 0 aromatic carbocycles. The van der Waals surface area contributed by atoms with Crippen molar-refractivity contribution in [3.63, 3.8) is 0 Å². The van der Waals surface area contributed by atoms with E-state index in [4.69, 9.17) is 5.11 Å². The number of hydrogen-bond donors (Lipinski definition) is 1. The molecule has 2 nitrogen and oxygen atoms in total. The fraction of sp³-hybridized carbons (Fsp3) is 0.806. The maximum atomic E-state index is 10.5. The van der Waals surface area contributed by atoms with Crippen LogP contribution in [-0.4, -0.2) is 11.1 Å². The molecule has 0 saturated carbocycles. The molecule has 0 atom stereocenters. The van der Waals surface area contributed by atoms with Crippen LogP contribution in [0.5, 0.6) is 0 Å². The van der Waals surface area contributed by atoms with Crippen LogP contribution in [0.25, 0.3) is 0 Å². The topological polar surface area (TPSA) is 37.3 Å². The van der Waals surface area contributed by atoms with Gasteiger partial charge in [0.15, 0.2) is 0 Å². The highest BCUT2D eigenvalue weighted by molar-refractivity contribution is 5.66. The Morgan fingerprint density at radius 3 is 1.05 bits per heavy atom. The number of carboxylic acid groups (broad SMARTS) is 1. The second-order valence-electron chi connectivity index (χ2n) is 11.4. The Morgan fingerprint density at radius 2 is 0.711 bits per heavy atom. The van der Waals surface area contributed by atoms with Crippen molar-refractivity contribution in [1.82, 2.24) is 0 Å². The third-order valence-corrected chi connectivity index (χ3v) is 7.53. The van der Waals surface area contributed by atoms with Crippen molar-refractivity contribution in [2.24, 2.45) is 0 Å². The largest absolute Gasteiger partial charge is 0.481 e. The minimum absolute atomic E-state index is 0.342. The highest BCUT2D eigenvalue weighted by Crippen LogP contribution is 2.15. The third kappa shape index (κ3) is 34.7. The van der Waals surface area contributed by atoms with Gasteiger partial charge in [0.1, 0.15) is 0 Å². The van der Waals surface area contributed by atoms with E-state index in [1.807, 2.05) is 0 Å². The van der Waals surface area contributed by atoms with Gasteiger partial charge in [0.25, 0.3) is 0 Å². The number of rotatable bonds is 31. The summed E-state index contributed by atoms with van der Waals surface area (Å²) in [5.41, 5.74) is 0. The molecule has 0 aromatic rings. The molecule has 0 rings (SSSR count). The van der Waals surface area contributed by atoms with E-state index >= 15 is 0 Å². The van der Waals surface area contributed by atoms with Gasteiger partial charge in [-0.1, -0.05) is 172 Å². The molecule has 0 aliphatic heterocycles. The van der Waals surface area contributed by atoms with E-state index in [2.05, 4.69) is 43.4 Å². The summed E-state index contributed by atoms with van der Waals surface area (Å²) in [4.78, 5) is 10.5. The summed E-state index contributed by atoms with van der Waals surface area (Å²) in [7, 11) is 0. The number of aliphatic carboxylic acids is 1. The molecular weight excluding hydrogens is 464 g/mol. The molecule has 0 fully saturated rings. The van der Waals surface area contributed by atoms with Crippen molar-refractivity contribution in [2.45, 2.75) is 187 Å². The molecule has 0 spiro atoms. The molecule has 1 N–H and O–H groups in total. The van der Waals surface area contributed by atoms with Gasteiger partial charge in [-0.2, -0.15) is 0 Å². The standard InChI is InChI=1S/C36H66O2/c1-2-3-4-5-6-7-8-9-10-11-12-13-14-15-16-17-18-19-20-21-22-23-24-25-26-27-28-29-30-31-32-33-34-35-36(37)38/h8-9,11-12,14-15H,2-7,10,13,16-35H2,1H3,(H,37,38)/b9-8-,12-11-,15-14-. The molecule has 0 saturated heterocycles. The average molecular weight is 531 g/mol. The van der Waals surface area contributed by atoms with Crippen molar-refractivity contribution in [1.29, 1.82) is 0 Å². The van der Waals surface area contributed by atoms with Crippen molar-refractivity contribution >= 4 is 5.97 Å². The summed E-state index contributed by atoms with van der Waals surface area (Å²) >= 11 is 0. The molecule has 0 aliphatic rings. The molecule has 2 heteroatoms. The summed E-state index contributed by atoms with van der Waals surface area (Å²) in [6.07, 6.45) is 50.0. The van der Waals surface area contributed by atoms with E-state index in [-0.39, 0.29) is 0 Å². The molecule has 0 bridgehead atoms. The minimum Gasteiger partial charge on any atom is -0.481 e. The van der Waals surface area contributed by atoms with Gasteiger partial charge in [-0.05, 0) is 44.9 Å². The summed E-state index contributed by atoms with van der Waals surface area (Å²) in [5, 5.41) is 8.62. The summed E-state index contributed by atoms with van der Waals surface area (Å²) in [6, 6.07) is 0. The monoisotopic (exact) mass is 531 g/mol. The normalized spacial score (nSPS) is 12.0. The number of carboxylic acids is 1. The number of hydrogen-bond acceptors (Lipinski definition) is 1. The van der Waals surface area contributed by atoms with Gasteiger partial charge in [0.2, 0.25) is 0 Å². The van der Waals surface area contributed by atoms with Gasteiger partial charge in [-0.25, -0.2) is 0 Å². The van der Waals surface area contributed by atoms with Gasteiger partial charge >= 0.3 is 5.97 Å². The molecule has 0 unspecified atom stereocenters. The first kappa shape index (κ1) is 36.7. The summed E-state index contributed by atoms with van der Waals surface area (Å²) in [5.74, 6) is -0.652. The van der Waals surface area contributed by atoms with Gasteiger partial charge < -0.3 is 5.11 Å². The molecule has 0 aromatic heterocycles. The van der Waals surface area contributed by atoms with Gasteiger partial charge in [0.05, 0.1) is 0 Å². The van der Waals surface area contributed by atoms with Crippen molar-refractivity contribution in [3.8, 4) is 0 Å². The van der Waals surface area contributed by atoms with Crippen LogP contribution in [0.1, 0.15) is 187 Å². The predicted molar refractivity (Wildman–Crippen MR) is 170 cm³/mol. The Labute approximate surface area is 238 Å². The van der Waals surface area contributed by atoms with Gasteiger partial charge in [-0.3, -0.25) is 4.79 Å². The Kier molecular flexibility index (Phi) is 32.6. The Morgan fingerprint density at radius 1 is 0.421 bits per heavy atom. The van der Waals surface area contributed by atoms with Crippen LogP contribution in [0.2, 0.25) is 0 Å². The lowest BCUT2D eigenvalue weighted by molar-refractivity contribution is -0.137. The van der Waals surface area contributed by atoms with Crippen LogP contribution >= 0.6 is 0 Å². The predicted octanol–water partition coefficient (Wildman–Crippen LogP) is 12.7. The first-order chi connectivity index (χ1) is 18.8. The average Bonchev–Trinajstić information content (AvgIpc) is 2.91. The van der Waals surface area contributed by atoms with Crippen molar-refractivity contribution < 1.29 is 9.90 Å². The van der Waals surface area contributed by atoms with Gasteiger partial charge in [-0.15, -0.1) is 0 Å². The van der Waals surface area contributed by atoms with E-state index in [0.29, 0.717) is 6.42 Å². The van der Waals surface area contributed by atoms with E-state index in [0.717, 1.165) is 25.7 Å². The maximum Gasteiger partial charge on any atom is 0.303 e. The molecule has 222 valence electrons. The molecule has 0 heterocycles. The smallest absolute Gasteiger partial charge is 0.303 e. The number of unbranched alkanes of at least 4 members (excludes halogenated alkanes) is 23. The molecular formula is C36H66O2. The zero-order valence-electron chi connectivity index (χ0n) is 25.6. The molecule has 38 heavy (non-hydrogen) atoms. The first-order valence-electron chi connectivity index (χ1n) is 16.9. The van der Waals surface area contributed by atoms with E-state index in [1.165, 1.54) is 148 Å². The lowest BCUT2D eigenvalue weighted by atomic mass is 10.0.